The Morgan fingerprint density at radius 3 is 2.63 bits per heavy atom. The lowest BCUT2D eigenvalue weighted by atomic mass is 10.1. The lowest BCUT2D eigenvalue weighted by Crippen LogP contribution is -2.31. The van der Waals surface area contributed by atoms with Gasteiger partial charge in [-0.3, -0.25) is 5.43 Å². The minimum Gasteiger partial charge on any atom is -0.490 e. The van der Waals surface area contributed by atoms with Crippen LogP contribution in [0.25, 0.3) is 0 Å². The number of rotatable bonds is 10. The number of allylic oxidation sites excluding steroid dienone is 1. The van der Waals surface area contributed by atoms with Crippen LogP contribution >= 0.6 is 35.4 Å². The van der Waals surface area contributed by atoms with Gasteiger partial charge in [0.2, 0.25) is 0 Å². The van der Waals surface area contributed by atoms with Crippen LogP contribution in [-0.2, 0) is 13.0 Å². The van der Waals surface area contributed by atoms with Gasteiger partial charge in [-0.05, 0) is 62.3 Å². The summed E-state index contributed by atoms with van der Waals surface area (Å²) < 4.78 is 12.0. The summed E-state index contributed by atoms with van der Waals surface area (Å²) in [6, 6.07) is 9.17. The van der Waals surface area contributed by atoms with E-state index >= 15 is 0 Å². The number of thiocarbonyl (C=S) groups is 1. The topological polar surface area (TPSA) is 54.9 Å². The molecule has 0 aromatic heterocycles. The standard InChI is InChI=1S/C22H25Cl2N3O2S/c1-4-7-16-10-15(13-26-27-22(30)25-5-2)11-20(28-6-3)21(16)29-14-17-8-9-18(23)12-19(17)24/h4,8-13H,1,5-7,14H2,2-3H3,(H2,25,27,30)/b26-13-. The molecule has 2 aromatic rings. The number of hydrazone groups is 1. The smallest absolute Gasteiger partial charge is 0.186 e. The molecule has 0 saturated carbocycles. The molecule has 2 N–H and O–H groups in total. The second-order valence-electron chi connectivity index (χ2n) is 6.19. The lowest BCUT2D eigenvalue weighted by molar-refractivity contribution is 0.267. The zero-order valence-electron chi connectivity index (χ0n) is 17.0. The minimum atomic E-state index is 0.284. The molecule has 0 aliphatic heterocycles. The first-order chi connectivity index (χ1) is 14.5. The van der Waals surface area contributed by atoms with Crippen molar-refractivity contribution in [2.45, 2.75) is 26.9 Å². The van der Waals surface area contributed by atoms with Gasteiger partial charge in [-0.25, -0.2) is 0 Å². The molecule has 0 heterocycles. The number of nitrogens with one attached hydrogen (secondary N) is 2. The molecule has 0 saturated heterocycles. The average Bonchev–Trinajstić information content (AvgIpc) is 2.69. The van der Waals surface area contributed by atoms with Crippen LogP contribution in [0.15, 0.2) is 48.1 Å². The molecule has 8 heteroatoms. The van der Waals surface area contributed by atoms with Gasteiger partial charge in [-0.1, -0.05) is 35.3 Å². The predicted octanol–water partition coefficient (Wildman–Crippen LogP) is 5.52. The number of benzene rings is 2. The van der Waals surface area contributed by atoms with Gasteiger partial charge in [-0.15, -0.1) is 6.58 Å². The first-order valence-corrected chi connectivity index (χ1v) is 10.7. The molecule has 2 rings (SSSR count). The van der Waals surface area contributed by atoms with Crippen molar-refractivity contribution in [1.29, 1.82) is 0 Å². The van der Waals surface area contributed by atoms with E-state index < -0.39 is 0 Å². The summed E-state index contributed by atoms with van der Waals surface area (Å²) in [5, 5.41) is 8.75. The Bertz CT molecular complexity index is 919. The molecule has 0 fully saturated rings. The Morgan fingerprint density at radius 1 is 1.17 bits per heavy atom. The van der Waals surface area contributed by atoms with Crippen LogP contribution in [0, 0.1) is 0 Å². The zero-order chi connectivity index (χ0) is 21.9. The SMILES string of the molecule is C=CCc1cc(/C=N\NC(=S)NCC)cc(OCC)c1OCc1ccc(Cl)cc1Cl. The van der Waals surface area contributed by atoms with Crippen LogP contribution in [0.5, 0.6) is 11.5 Å². The zero-order valence-corrected chi connectivity index (χ0v) is 19.3. The Balaban J connectivity index is 2.29. The molecule has 0 spiro atoms. The molecule has 30 heavy (non-hydrogen) atoms. The van der Waals surface area contributed by atoms with E-state index in [1.807, 2.05) is 38.1 Å². The van der Waals surface area contributed by atoms with Crippen LogP contribution < -0.4 is 20.2 Å². The van der Waals surface area contributed by atoms with Gasteiger partial charge >= 0.3 is 0 Å². The first kappa shape index (κ1) is 24.0. The van der Waals surface area contributed by atoms with Gasteiger partial charge in [0.25, 0.3) is 0 Å². The quantitative estimate of drug-likeness (QED) is 0.209. The monoisotopic (exact) mass is 465 g/mol. The third-order valence-corrected chi connectivity index (χ3v) is 4.74. The second-order valence-corrected chi connectivity index (χ2v) is 7.44. The van der Waals surface area contributed by atoms with E-state index in [9.17, 15) is 0 Å². The molecule has 2 aromatic carbocycles. The molecule has 0 atom stereocenters. The van der Waals surface area contributed by atoms with E-state index in [1.165, 1.54) is 0 Å². The minimum absolute atomic E-state index is 0.284. The molecule has 0 aliphatic rings. The van der Waals surface area contributed by atoms with Gasteiger partial charge in [0, 0.05) is 27.7 Å². The van der Waals surface area contributed by atoms with Crippen LogP contribution in [0.1, 0.15) is 30.5 Å². The second kappa shape index (κ2) is 12.4. The van der Waals surface area contributed by atoms with Crippen molar-refractivity contribution < 1.29 is 9.47 Å². The lowest BCUT2D eigenvalue weighted by Gasteiger charge is -2.17. The fourth-order valence-electron chi connectivity index (χ4n) is 2.65. The summed E-state index contributed by atoms with van der Waals surface area (Å²) in [4.78, 5) is 0. The van der Waals surface area contributed by atoms with Gasteiger partial charge in [0.1, 0.15) is 6.61 Å². The number of ether oxygens (including phenoxy) is 2. The molecule has 160 valence electrons. The van der Waals surface area contributed by atoms with E-state index in [0.717, 1.165) is 23.2 Å². The van der Waals surface area contributed by atoms with Gasteiger partial charge in [0.15, 0.2) is 16.6 Å². The van der Waals surface area contributed by atoms with Crippen LogP contribution in [0.3, 0.4) is 0 Å². The maximum absolute atomic E-state index is 6.28. The third-order valence-electron chi connectivity index (χ3n) is 3.92. The molecular formula is C22H25Cl2N3O2S. The van der Waals surface area contributed by atoms with Crippen LogP contribution in [0.4, 0.5) is 0 Å². The van der Waals surface area contributed by atoms with E-state index in [4.69, 9.17) is 44.9 Å². The van der Waals surface area contributed by atoms with Gasteiger partial charge in [-0.2, -0.15) is 5.10 Å². The highest BCUT2D eigenvalue weighted by Crippen LogP contribution is 2.35. The van der Waals surface area contributed by atoms with Crippen molar-refractivity contribution in [3.8, 4) is 11.5 Å². The summed E-state index contributed by atoms with van der Waals surface area (Å²) in [7, 11) is 0. The predicted molar refractivity (Wildman–Crippen MR) is 129 cm³/mol. The first-order valence-electron chi connectivity index (χ1n) is 9.52. The molecule has 0 radical (unpaired) electrons. The number of hydrogen-bond acceptors (Lipinski definition) is 4. The number of halogens is 2. The summed E-state index contributed by atoms with van der Waals surface area (Å²) in [6.07, 6.45) is 4.10. The average molecular weight is 466 g/mol. The number of hydrogen-bond donors (Lipinski definition) is 2. The van der Waals surface area contributed by atoms with Gasteiger partial charge < -0.3 is 14.8 Å². The van der Waals surface area contributed by atoms with Crippen LogP contribution in [-0.4, -0.2) is 24.5 Å². The van der Waals surface area contributed by atoms with Crippen LogP contribution in [0.2, 0.25) is 10.0 Å². The molecule has 0 unspecified atom stereocenters. The highest BCUT2D eigenvalue weighted by Gasteiger charge is 2.14. The van der Waals surface area contributed by atoms with Crippen molar-refractivity contribution in [2.75, 3.05) is 13.2 Å². The van der Waals surface area contributed by atoms with E-state index in [1.54, 1.807) is 18.3 Å². The van der Waals surface area contributed by atoms with Crippen molar-refractivity contribution in [3.63, 3.8) is 0 Å². The summed E-state index contributed by atoms with van der Waals surface area (Å²) in [5.41, 5.74) is 5.39. The molecule has 0 bridgehead atoms. The Hall–Kier alpha value is -2.28. The molecule has 0 aliphatic carbocycles. The fourth-order valence-corrected chi connectivity index (χ4v) is 3.31. The van der Waals surface area contributed by atoms with E-state index in [2.05, 4.69) is 22.4 Å². The summed E-state index contributed by atoms with van der Waals surface area (Å²) in [5.74, 6) is 1.27. The van der Waals surface area contributed by atoms with Crippen molar-refractivity contribution in [3.05, 3.63) is 69.7 Å². The maximum atomic E-state index is 6.28. The summed E-state index contributed by atoms with van der Waals surface area (Å²) in [6.45, 7) is 9.23. The highest BCUT2D eigenvalue weighted by atomic mass is 35.5. The normalized spacial score (nSPS) is 10.7. The van der Waals surface area contributed by atoms with E-state index in [0.29, 0.717) is 39.7 Å². The Morgan fingerprint density at radius 2 is 1.97 bits per heavy atom. The van der Waals surface area contributed by atoms with Crippen molar-refractivity contribution in [1.82, 2.24) is 10.7 Å². The fraction of sp³-hybridized carbons (Fsp3) is 0.273. The Kier molecular flexibility index (Phi) is 9.94. The van der Waals surface area contributed by atoms with Crippen molar-refractivity contribution in [2.24, 2.45) is 5.10 Å². The molecule has 0 amide bonds. The molecular weight excluding hydrogens is 441 g/mol. The Labute approximate surface area is 193 Å². The largest absolute Gasteiger partial charge is 0.490 e. The summed E-state index contributed by atoms with van der Waals surface area (Å²) >= 11 is 17.4. The maximum Gasteiger partial charge on any atom is 0.186 e. The third kappa shape index (κ3) is 7.20. The molecule has 5 nitrogen and oxygen atoms in total. The van der Waals surface area contributed by atoms with Crippen molar-refractivity contribution >= 4 is 46.7 Å². The number of nitrogens with zero attached hydrogens (tertiary/aromatic N) is 1. The van der Waals surface area contributed by atoms with Gasteiger partial charge in [0.05, 0.1) is 12.8 Å². The van der Waals surface area contributed by atoms with E-state index in [-0.39, 0.29) is 6.61 Å². The highest BCUT2D eigenvalue weighted by molar-refractivity contribution is 7.80.